The number of ether oxygens (including phenoxy) is 1. The molecular weight excluding hydrogens is 164 g/mol. The molecule has 3 nitrogen and oxygen atoms in total. The average Bonchev–Trinajstić information content (AvgIpc) is 2.58. The van der Waals surface area contributed by atoms with Crippen molar-refractivity contribution in [3.05, 3.63) is 0 Å². The van der Waals surface area contributed by atoms with Gasteiger partial charge >= 0.3 is 0 Å². The smallest absolute Gasteiger partial charge is 0.0480 e. The Kier molecular flexibility index (Phi) is 5.35. The molecule has 0 aromatic heterocycles. The minimum atomic E-state index is 0.411. The second-order valence-corrected chi connectivity index (χ2v) is 3.96. The molecule has 2 rings (SSSR count). The third-order valence-corrected chi connectivity index (χ3v) is 2.60. The summed E-state index contributed by atoms with van der Waals surface area (Å²) < 4.78 is 5.06. The predicted octanol–water partition coefficient (Wildman–Crippen LogP) is 0.836. The highest BCUT2D eigenvalue weighted by Gasteiger charge is 2.06. The van der Waals surface area contributed by atoms with Crippen molar-refractivity contribution in [2.24, 2.45) is 5.73 Å². The van der Waals surface area contributed by atoms with E-state index < -0.39 is 0 Å². The third kappa shape index (κ3) is 5.24. The van der Waals surface area contributed by atoms with E-state index in [4.69, 9.17) is 10.5 Å². The molecule has 0 aromatic carbocycles. The largest absolute Gasteiger partial charge is 0.381 e. The summed E-state index contributed by atoms with van der Waals surface area (Å²) in [4.78, 5) is 2.36. The van der Waals surface area contributed by atoms with Crippen LogP contribution in [0.2, 0.25) is 0 Å². The standard InChI is InChI=1S/C5H11NO.C5H11N/c6-5-1-3-7-4-2-5;1-6-4-2-3-5-6/h5H,1-4,6H2;2-5H2,1H3. The van der Waals surface area contributed by atoms with Gasteiger partial charge in [-0.15, -0.1) is 0 Å². The number of likely N-dealkylation sites (tertiary alicyclic amines) is 1. The van der Waals surface area contributed by atoms with Crippen LogP contribution in [0.25, 0.3) is 0 Å². The van der Waals surface area contributed by atoms with E-state index in [1.165, 1.54) is 25.9 Å². The lowest BCUT2D eigenvalue weighted by atomic mass is 10.1. The molecule has 3 heteroatoms. The number of hydrogen-bond acceptors (Lipinski definition) is 3. The van der Waals surface area contributed by atoms with Crippen molar-refractivity contribution in [3.63, 3.8) is 0 Å². The van der Waals surface area contributed by atoms with Crippen LogP contribution in [0.5, 0.6) is 0 Å². The van der Waals surface area contributed by atoms with Crippen LogP contribution in [0.1, 0.15) is 25.7 Å². The summed E-state index contributed by atoms with van der Waals surface area (Å²) in [5.74, 6) is 0. The number of rotatable bonds is 0. The van der Waals surface area contributed by atoms with Crippen LogP contribution in [-0.4, -0.2) is 44.3 Å². The van der Waals surface area contributed by atoms with Crippen molar-refractivity contribution in [3.8, 4) is 0 Å². The Bertz CT molecular complexity index is 118. The van der Waals surface area contributed by atoms with Crippen molar-refractivity contribution in [1.82, 2.24) is 4.90 Å². The van der Waals surface area contributed by atoms with Crippen molar-refractivity contribution in [2.45, 2.75) is 31.7 Å². The van der Waals surface area contributed by atoms with Gasteiger partial charge in [-0.1, -0.05) is 0 Å². The lowest BCUT2D eigenvalue weighted by molar-refractivity contribution is 0.0866. The average molecular weight is 186 g/mol. The zero-order valence-electron chi connectivity index (χ0n) is 8.67. The van der Waals surface area contributed by atoms with E-state index in [1.807, 2.05) is 0 Å². The quantitative estimate of drug-likeness (QED) is 0.609. The van der Waals surface area contributed by atoms with E-state index in [9.17, 15) is 0 Å². The highest BCUT2D eigenvalue weighted by molar-refractivity contribution is 4.63. The zero-order chi connectivity index (χ0) is 9.52. The van der Waals surface area contributed by atoms with Crippen LogP contribution >= 0.6 is 0 Å². The molecule has 78 valence electrons. The van der Waals surface area contributed by atoms with E-state index >= 15 is 0 Å². The second kappa shape index (κ2) is 6.35. The van der Waals surface area contributed by atoms with Gasteiger partial charge in [-0.05, 0) is 45.8 Å². The van der Waals surface area contributed by atoms with E-state index in [-0.39, 0.29) is 0 Å². The molecule has 2 heterocycles. The van der Waals surface area contributed by atoms with Gasteiger partial charge in [0.1, 0.15) is 0 Å². The van der Waals surface area contributed by atoms with E-state index in [0.717, 1.165) is 26.1 Å². The first kappa shape index (κ1) is 11.0. The van der Waals surface area contributed by atoms with Crippen LogP contribution in [-0.2, 0) is 4.74 Å². The molecule has 0 saturated carbocycles. The molecule has 2 N–H and O–H groups in total. The Labute approximate surface area is 81.2 Å². The molecule has 13 heavy (non-hydrogen) atoms. The van der Waals surface area contributed by atoms with Crippen LogP contribution in [0.15, 0.2) is 0 Å². The van der Waals surface area contributed by atoms with Gasteiger partial charge in [0.25, 0.3) is 0 Å². The van der Waals surface area contributed by atoms with Crippen LogP contribution in [0, 0.1) is 0 Å². The van der Waals surface area contributed by atoms with Gasteiger partial charge < -0.3 is 15.4 Å². The molecule has 0 aromatic rings. The highest BCUT2D eigenvalue weighted by Crippen LogP contribution is 2.02. The van der Waals surface area contributed by atoms with Crippen LogP contribution in [0.4, 0.5) is 0 Å². The SMILES string of the molecule is CN1CCCC1.NC1CCOCC1. The van der Waals surface area contributed by atoms with Gasteiger partial charge in [0.2, 0.25) is 0 Å². The fraction of sp³-hybridized carbons (Fsp3) is 1.00. The number of hydrogen-bond donors (Lipinski definition) is 1. The first-order valence-corrected chi connectivity index (χ1v) is 5.31. The molecule has 0 aliphatic carbocycles. The topological polar surface area (TPSA) is 38.5 Å². The summed E-state index contributed by atoms with van der Waals surface area (Å²) in [7, 11) is 2.17. The monoisotopic (exact) mass is 186 g/mol. The highest BCUT2D eigenvalue weighted by atomic mass is 16.5. The summed E-state index contributed by atoms with van der Waals surface area (Å²) >= 11 is 0. The Balaban J connectivity index is 0.000000132. The molecule has 2 aliphatic rings. The zero-order valence-corrected chi connectivity index (χ0v) is 8.67. The summed E-state index contributed by atoms with van der Waals surface area (Å²) in [6, 6.07) is 0.411. The fourth-order valence-electron chi connectivity index (χ4n) is 1.59. The summed E-state index contributed by atoms with van der Waals surface area (Å²) in [5.41, 5.74) is 5.55. The minimum absolute atomic E-state index is 0.411. The molecule has 2 saturated heterocycles. The Morgan fingerprint density at radius 1 is 1.15 bits per heavy atom. The molecule has 0 spiro atoms. The van der Waals surface area contributed by atoms with E-state index in [0.29, 0.717) is 6.04 Å². The normalized spacial score (nSPS) is 25.4. The van der Waals surface area contributed by atoms with Crippen LogP contribution in [0.3, 0.4) is 0 Å². The maximum atomic E-state index is 5.55. The maximum absolute atomic E-state index is 5.55. The summed E-state index contributed by atoms with van der Waals surface area (Å²) in [6.45, 7) is 4.36. The Morgan fingerprint density at radius 3 is 1.92 bits per heavy atom. The Morgan fingerprint density at radius 2 is 1.69 bits per heavy atom. The van der Waals surface area contributed by atoms with Gasteiger partial charge in [0, 0.05) is 19.3 Å². The number of nitrogens with zero attached hydrogens (tertiary/aromatic N) is 1. The first-order valence-electron chi connectivity index (χ1n) is 5.31. The molecule has 0 radical (unpaired) electrons. The molecular formula is C10H22N2O. The molecule has 2 fully saturated rings. The lowest BCUT2D eigenvalue weighted by Crippen LogP contribution is -2.28. The van der Waals surface area contributed by atoms with Crippen molar-refractivity contribution in [1.29, 1.82) is 0 Å². The van der Waals surface area contributed by atoms with Gasteiger partial charge in [0.15, 0.2) is 0 Å². The maximum Gasteiger partial charge on any atom is 0.0480 e. The molecule has 2 aliphatic heterocycles. The van der Waals surface area contributed by atoms with Gasteiger partial charge in [-0.2, -0.15) is 0 Å². The molecule has 0 unspecified atom stereocenters. The van der Waals surface area contributed by atoms with Crippen molar-refractivity contribution in [2.75, 3.05) is 33.4 Å². The van der Waals surface area contributed by atoms with Crippen molar-refractivity contribution >= 4 is 0 Å². The molecule has 0 atom stereocenters. The molecule has 0 amide bonds. The fourth-order valence-corrected chi connectivity index (χ4v) is 1.59. The van der Waals surface area contributed by atoms with Crippen molar-refractivity contribution < 1.29 is 4.74 Å². The van der Waals surface area contributed by atoms with Gasteiger partial charge in [-0.3, -0.25) is 0 Å². The summed E-state index contributed by atoms with van der Waals surface area (Å²) in [5, 5.41) is 0. The van der Waals surface area contributed by atoms with Crippen LogP contribution < -0.4 is 5.73 Å². The molecule has 0 bridgehead atoms. The van der Waals surface area contributed by atoms with E-state index in [1.54, 1.807) is 0 Å². The third-order valence-electron chi connectivity index (χ3n) is 2.60. The Hall–Kier alpha value is -0.120. The first-order chi connectivity index (χ1) is 6.29. The van der Waals surface area contributed by atoms with E-state index in [2.05, 4.69) is 11.9 Å². The lowest BCUT2D eigenvalue weighted by Gasteiger charge is -2.16. The predicted molar refractivity (Wildman–Crippen MR) is 54.8 cm³/mol. The second-order valence-electron chi connectivity index (χ2n) is 3.96. The minimum Gasteiger partial charge on any atom is -0.381 e. The summed E-state index contributed by atoms with van der Waals surface area (Å²) in [6.07, 6.45) is 4.91. The number of nitrogens with two attached hydrogens (primary N) is 1. The van der Waals surface area contributed by atoms with Gasteiger partial charge in [-0.25, -0.2) is 0 Å². The van der Waals surface area contributed by atoms with Gasteiger partial charge in [0.05, 0.1) is 0 Å².